The van der Waals surface area contributed by atoms with Gasteiger partial charge in [-0.25, -0.2) is 0 Å². The van der Waals surface area contributed by atoms with Crippen molar-refractivity contribution in [3.63, 3.8) is 0 Å². The molecule has 8 heteroatoms. The fourth-order valence-corrected chi connectivity index (χ4v) is 3.38. The number of nitrogens with one attached hydrogen (secondary N) is 2. The quantitative estimate of drug-likeness (QED) is 0.830. The summed E-state index contributed by atoms with van der Waals surface area (Å²) in [7, 11) is 0. The minimum absolute atomic E-state index is 0.188. The number of carbonyl (C=O) groups excluding carboxylic acids is 1. The minimum Gasteiger partial charge on any atom is -0.360 e. The Labute approximate surface area is 127 Å². The predicted molar refractivity (Wildman–Crippen MR) is 81.9 cm³/mol. The molecule has 5 nitrogen and oxygen atoms in total. The number of hydrogen-bond donors (Lipinski definition) is 2. The number of thiophene rings is 1. The molecule has 2 aromatic rings. The number of anilines is 1. The lowest BCUT2D eigenvalue weighted by molar-refractivity contribution is 0.0950. The number of amides is 1. The van der Waals surface area contributed by atoms with E-state index in [9.17, 15) is 4.79 Å². The normalized spacial score (nSPS) is 10.4. The summed E-state index contributed by atoms with van der Waals surface area (Å²) >= 11 is 6.25. The molecular weight excluding hydrogens is 348 g/mol. The molecule has 0 aliphatic heterocycles. The molecule has 0 atom stereocenters. The second-order valence-corrected chi connectivity index (χ2v) is 6.64. The van der Waals surface area contributed by atoms with Gasteiger partial charge in [0.05, 0.1) is 6.54 Å². The van der Waals surface area contributed by atoms with E-state index in [0.29, 0.717) is 16.7 Å². The number of hydrogen-bond acceptors (Lipinski definition) is 6. The van der Waals surface area contributed by atoms with Gasteiger partial charge in [-0.2, -0.15) is 0 Å². The van der Waals surface area contributed by atoms with E-state index < -0.39 is 0 Å². The molecule has 0 saturated carbocycles. The van der Waals surface area contributed by atoms with Crippen LogP contribution >= 0.6 is 38.6 Å². The zero-order valence-electron chi connectivity index (χ0n) is 10.3. The van der Waals surface area contributed by atoms with Crippen molar-refractivity contribution >= 4 is 49.6 Å². The van der Waals surface area contributed by atoms with Crippen LogP contribution in [0, 0.1) is 0 Å². The Morgan fingerprint density at radius 1 is 1.47 bits per heavy atom. The van der Waals surface area contributed by atoms with Gasteiger partial charge in [0.25, 0.3) is 5.91 Å². The van der Waals surface area contributed by atoms with Crippen LogP contribution in [0.4, 0.5) is 5.13 Å². The molecule has 2 N–H and O–H groups in total. The second-order valence-electron chi connectivity index (χ2n) is 3.75. The summed E-state index contributed by atoms with van der Waals surface area (Å²) < 4.78 is 1.03. The number of halogens is 1. The van der Waals surface area contributed by atoms with Gasteiger partial charge in [0.1, 0.15) is 0 Å². The highest BCUT2D eigenvalue weighted by Gasteiger charge is 2.12. The molecule has 0 spiro atoms. The standard InChI is InChI=1S/C11H13BrN4OS2/c1-2-3-13-11-16-15-10(19-11)9(17)14-5-8-4-7(12)6-18-8/h4,6H,2-3,5H2,1H3,(H,13,16)(H,14,17). The van der Waals surface area contributed by atoms with E-state index in [1.165, 1.54) is 11.3 Å². The molecule has 0 unspecified atom stereocenters. The van der Waals surface area contributed by atoms with Crippen molar-refractivity contribution in [2.75, 3.05) is 11.9 Å². The smallest absolute Gasteiger partial charge is 0.282 e. The third kappa shape index (κ3) is 4.26. The van der Waals surface area contributed by atoms with Gasteiger partial charge < -0.3 is 10.6 Å². The molecule has 2 aromatic heterocycles. The molecule has 2 heterocycles. The lowest BCUT2D eigenvalue weighted by Crippen LogP contribution is -2.22. The maximum Gasteiger partial charge on any atom is 0.282 e. The highest BCUT2D eigenvalue weighted by atomic mass is 79.9. The summed E-state index contributed by atoms with van der Waals surface area (Å²) in [4.78, 5) is 13.0. The summed E-state index contributed by atoms with van der Waals surface area (Å²) in [5.41, 5.74) is 0. The Morgan fingerprint density at radius 3 is 3.00 bits per heavy atom. The van der Waals surface area contributed by atoms with E-state index >= 15 is 0 Å². The monoisotopic (exact) mass is 360 g/mol. The fraction of sp³-hybridized carbons (Fsp3) is 0.364. The van der Waals surface area contributed by atoms with Gasteiger partial charge in [0.2, 0.25) is 10.1 Å². The number of aromatic nitrogens is 2. The van der Waals surface area contributed by atoms with E-state index in [2.05, 4.69) is 43.7 Å². The van der Waals surface area contributed by atoms with E-state index in [0.717, 1.165) is 22.3 Å². The van der Waals surface area contributed by atoms with Crippen LogP contribution in [0.1, 0.15) is 28.0 Å². The Morgan fingerprint density at radius 2 is 2.32 bits per heavy atom. The van der Waals surface area contributed by atoms with Gasteiger partial charge in [-0.05, 0) is 28.4 Å². The third-order valence-electron chi connectivity index (χ3n) is 2.19. The average molecular weight is 361 g/mol. The molecular formula is C11H13BrN4OS2. The van der Waals surface area contributed by atoms with Crippen LogP contribution in [0.5, 0.6) is 0 Å². The zero-order chi connectivity index (χ0) is 13.7. The van der Waals surface area contributed by atoms with Gasteiger partial charge in [-0.15, -0.1) is 21.5 Å². The first kappa shape index (κ1) is 14.4. The van der Waals surface area contributed by atoms with Crippen molar-refractivity contribution in [2.24, 2.45) is 0 Å². The fourth-order valence-electron chi connectivity index (χ4n) is 1.31. The van der Waals surface area contributed by atoms with Crippen molar-refractivity contribution in [1.29, 1.82) is 0 Å². The van der Waals surface area contributed by atoms with Crippen molar-refractivity contribution in [3.05, 3.63) is 25.8 Å². The van der Waals surface area contributed by atoms with Crippen molar-refractivity contribution in [2.45, 2.75) is 19.9 Å². The highest BCUT2D eigenvalue weighted by Crippen LogP contribution is 2.20. The van der Waals surface area contributed by atoms with Gasteiger partial charge in [-0.1, -0.05) is 18.3 Å². The Kier molecular flexibility index (Phi) is 5.29. The van der Waals surface area contributed by atoms with E-state index in [-0.39, 0.29) is 5.91 Å². The maximum atomic E-state index is 11.9. The van der Waals surface area contributed by atoms with Crippen LogP contribution in [0.25, 0.3) is 0 Å². The van der Waals surface area contributed by atoms with Gasteiger partial charge in [0, 0.05) is 21.3 Å². The molecule has 0 radical (unpaired) electrons. The summed E-state index contributed by atoms with van der Waals surface area (Å²) in [6.07, 6.45) is 1.01. The van der Waals surface area contributed by atoms with E-state index in [1.807, 2.05) is 11.4 Å². The largest absolute Gasteiger partial charge is 0.360 e. The SMILES string of the molecule is CCCNc1nnc(C(=O)NCc2cc(Br)cs2)s1. The molecule has 102 valence electrons. The van der Waals surface area contributed by atoms with E-state index in [1.54, 1.807) is 11.3 Å². The molecule has 2 rings (SSSR count). The van der Waals surface area contributed by atoms with Gasteiger partial charge in [0.15, 0.2) is 0 Å². The van der Waals surface area contributed by atoms with Gasteiger partial charge >= 0.3 is 0 Å². The lowest BCUT2D eigenvalue weighted by Gasteiger charge is -1.99. The van der Waals surface area contributed by atoms with Gasteiger partial charge in [-0.3, -0.25) is 4.79 Å². The molecule has 0 aliphatic carbocycles. The second kappa shape index (κ2) is 6.97. The average Bonchev–Trinajstić information content (AvgIpc) is 3.02. The third-order valence-corrected chi connectivity index (χ3v) is 4.77. The van der Waals surface area contributed by atoms with Crippen LogP contribution in [0.3, 0.4) is 0 Å². The molecule has 0 fully saturated rings. The molecule has 0 saturated heterocycles. The first-order chi connectivity index (χ1) is 9.19. The maximum absolute atomic E-state index is 11.9. The van der Waals surface area contributed by atoms with Crippen LogP contribution in [-0.4, -0.2) is 22.6 Å². The topological polar surface area (TPSA) is 66.9 Å². The van der Waals surface area contributed by atoms with E-state index in [4.69, 9.17) is 0 Å². The minimum atomic E-state index is -0.188. The highest BCUT2D eigenvalue weighted by molar-refractivity contribution is 9.10. The van der Waals surface area contributed by atoms with Crippen molar-refractivity contribution in [1.82, 2.24) is 15.5 Å². The Balaban J connectivity index is 1.87. The van der Waals surface area contributed by atoms with Crippen LogP contribution in [0.15, 0.2) is 15.9 Å². The molecule has 19 heavy (non-hydrogen) atoms. The van der Waals surface area contributed by atoms with Crippen LogP contribution in [-0.2, 0) is 6.54 Å². The Hall–Kier alpha value is -0.990. The molecule has 0 aromatic carbocycles. The molecule has 0 aliphatic rings. The molecule has 1 amide bonds. The summed E-state index contributed by atoms with van der Waals surface area (Å²) in [5.74, 6) is -0.188. The Bertz CT molecular complexity index is 554. The summed E-state index contributed by atoms with van der Waals surface area (Å²) in [6.45, 7) is 3.41. The summed E-state index contributed by atoms with van der Waals surface area (Å²) in [5, 5.41) is 16.8. The summed E-state index contributed by atoms with van der Waals surface area (Å²) in [6, 6.07) is 1.99. The zero-order valence-corrected chi connectivity index (χ0v) is 13.5. The number of rotatable bonds is 6. The van der Waals surface area contributed by atoms with Crippen LogP contribution < -0.4 is 10.6 Å². The lowest BCUT2D eigenvalue weighted by atomic mass is 10.4. The number of carbonyl (C=O) groups is 1. The molecule has 0 bridgehead atoms. The number of nitrogens with zero attached hydrogens (tertiary/aromatic N) is 2. The predicted octanol–water partition coefficient (Wildman–Crippen LogP) is 3.11. The van der Waals surface area contributed by atoms with Crippen molar-refractivity contribution < 1.29 is 4.79 Å². The van der Waals surface area contributed by atoms with Crippen LogP contribution in [0.2, 0.25) is 0 Å². The first-order valence-electron chi connectivity index (χ1n) is 5.77. The first-order valence-corrected chi connectivity index (χ1v) is 8.26. The van der Waals surface area contributed by atoms with Crippen molar-refractivity contribution in [3.8, 4) is 0 Å².